The molecular weight excluding hydrogens is 402 g/mol. The minimum atomic E-state index is -0.497. The largest absolute Gasteiger partial charge is 0.383 e. The van der Waals surface area contributed by atoms with Crippen LogP contribution in [0.25, 0.3) is 17.0 Å². The lowest BCUT2D eigenvalue weighted by atomic mass is 10.1. The zero-order valence-electron chi connectivity index (χ0n) is 16.2. The molecule has 0 saturated carbocycles. The molecule has 2 N–H and O–H groups in total. The minimum Gasteiger partial charge on any atom is -0.383 e. The molecule has 152 valence electrons. The van der Waals surface area contributed by atoms with Gasteiger partial charge in [-0.15, -0.1) is 0 Å². The number of hydrogen-bond acceptors (Lipinski definition) is 5. The van der Waals surface area contributed by atoms with Crippen LogP contribution in [0.5, 0.6) is 0 Å². The Hall–Kier alpha value is -3.45. The molecule has 0 spiro atoms. The van der Waals surface area contributed by atoms with Gasteiger partial charge in [0.1, 0.15) is 12.1 Å². The third kappa shape index (κ3) is 4.26. The number of carbonyl (C=O) groups excluding carboxylic acids is 2. The van der Waals surface area contributed by atoms with Crippen LogP contribution in [-0.4, -0.2) is 51.2 Å². The van der Waals surface area contributed by atoms with E-state index in [-0.39, 0.29) is 0 Å². The number of anilines is 1. The second-order valence-electron chi connectivity index (χ2n) is 7.04. The van der Waals surface area contributed by atoms with E-state index in [9.17, 15) is 9.59 Å². The van der Waals surface area contributed by atoms with Crippen LogP contribution in [0, 0.1) is 0 Å². The second-order valence-corrected chi connectivity index (χ2v) is 7.48. The number of fused-ring (bicyclic) bond motifs is 1. The molecule has 0 atom stereocenters. The van der Waals surface area contributed by atoms with Gasteiger partial charge in [0.25, 0.3) is 0 Å². The van der Waals surface area contributed by atoms with Crippen LogP contribution in [-0.2, 0) is 16.1 Å². The topological polar surface area (TPSA) is 92.4 Å². The van der Waals surface area contributed by atoms with E-state index in [1.165, 1.54) is 6.33 Å². The highest BCUT2D eigenvalue weighted by Crippen LogP contribution is 2.20. The van der Waals surface area contributed by atoms with Gasteiger partial charge in [-0.2, -0.15) is 0 Å². The van der Waals surface area contributed by atoms with Crippen molar-refractivity contribution in [2.24, 2.45) is 0 Å². The van der Waals surface area contributed by atoms with Gasteiger partial charge in [-0.1, -0.05) is 42.0 Å². The molecule has 8 heteroatoms. The average Bonchev–Trinajstić information content (AvgIpc) is 2.74. The maximum atomic E-state index is 12.6. The minimum absolute atomic E-state index is 0.346. The zero-order chi connectivity index (χ0) is 21.1. The Morgan fingerprint density at radius 2 is 1.73 bits per heavy atom. The number of piperazine rings is 1. The predicted molar refractivity (Wildman–Crippen MR) is 116 cm³/mol. The molecule has 3 aromatic rings. The maximum absolute atomic E-state index is 12.6. The Bertz CT molecular complexity index is 1130. The van der Waals surface area contributed by atoms with Crippen molar-refractivity contribution in [3.8, 4) is 0 Å². The molecule has 0 bridgehead atoms. The number of aromatic nitrogens is 2. The van der Waals surface area contributed by atoms with Gasteiger partial charge in [0.2, 0.25) is 0 Å². The Morgan fingerprint density at radius 3 is 2.53 bits per heavy atom. The number of rotatable bonds is 5. The van der Waals surface area contributed by atoms with Crippen molar-refractivity contribution in [2.75, 3.05) is 25.4 Å². The standard InChI is InChI=1S/C22H20ClN5O2/c23-17-6-3-15(4-7-17)2-1-9-27-10-11-28(22(30)21(27)29)13-16-5-8-18-19(12-16)25-14-26-20(18)24/h1-8,12,14H,9-11,13H2,(H2,24,25,26). The number of amides is 2. The van der Waals surface area contributed by atoms with Crippen LogP contribution in [0.15, 0.2) is 54.9 Å². The Labute approximate surface area is 178 Å². The summed E-state index contributed by atoms with van der Waals surface area (Å²) < 4.78 is 0. The van der Waals surface area contributed by atoms with Crippen molar-refractivity contribution in [3.63, 3.8) is 0 Å². The van der Waals surface area contributed by atoms with E-state index in [0.717, 1.165) is 16.5 Å². The van der Waals surface area contributed by atoms with Gasteiger partial charge >= 0.3 is 11.8 Å². The van der Waals surface area contributed by atoms with E-state index >= 15 is 0 Å². The van der Waals surface area contributed by atoms with Crippen LogP contribution in [0.4, 0.5) is 5.82 Å². The molecule has 2 amide bonds. The van der Waals surface area contributed by atoms with Crippen molar-refractivity contribution in [2.45, 2.75) is 6.54 Å². The molecule has 30 heavy (non-hydrogen) atoms. The zero-order valence-corrected chi connectivity index (χ0v) is 16.9. The van der Waals surface area contributed by atoms with Crippen molar-refractivity contribution in [1.82, 2.24) is 19.8 Å². The lowest BCUT2D eigenvalue weighted by Crippen LogP contribution is -2.53. The lowest BCUT2D eigenvalue weighted by molar-refractivity contribution is -0.156. The van der Waals surface area contributed by atoms with Gasteiger partial charge in [-0.05, 0) is 35.4 Å². The molecule has 1 saturated heterocycles. The molecule has 2 aromatic carbocycles. The Balaban J connectivity index is 1.38. The molecule has 1 aromatic heterocycles. The van der Waals surface area contributed by atoms with Crippen LogP contribution >= 0.6 is 11.6 Å². The molecule has 0 radical (unpaired) electrons. The normalized spacial score (nSPS) is 14.8. The number of hydrogen-bond donors (Lipinski definition) is 1. The van der Waals surface area contributed by atoms with Crippen LogP contribution in [0.2, 0.25) is 5.02 Å². The summed E-state index contributed by atoms with van der Waals surface area (Å²) >= 11 is 5.88. The van der Waals surface area contributed by atoms with E-state index in [1.54, 1.807) is 9.80 Å². The van der Waals surface area contributed by atoms with E-state index in [0.29, 0.717) is 42.5 Å². The number of nitrogen functional groups attached to an aromatic ring is 1. The van der Waals surface area contributed by atoms with E-state index < -0.39 is 11.8 Å². The molecule has 1 aliphatic rings. The molecule has 2 heterocycles. The second kappa shape index (κ2) is 8.51. The summed E-state index contributed by atoms with van der Waals surface area (Å²) in [5.74, 6) is -0.573. The fourth-order valence-electron chi connectivity index (χ4n) is 3.37. The van der Waals surface area contributed by atoms with Crippen LogP contribution < -0.4 is 5.73 Å². The average molecular weight is 422 g/mol. The van der Waals surface area contributed by atoms with Crippen LogP contribution in [0.3, 0.4) is 0 Å². The number of nitrogens with two attached hydrogens (primary N) is 1. The summed E-state index contributed by atoms with van der Waals surface area (Å²) in [4.78, 5) is 36.4. The van der Waals surface area contributed by atoms with E-state index in [2.05, 4.69) is 9.97 Å². The highest BCUT2D eigenvalue weighted by Gasteiger charge is 2.31. The first-order valence-electron chi connectivity index (χ1n) is 9.50. The fraction of sp³-hybridized carbons (Fsp3) is 0.182. The first-order chi connectivity index (χ1) is 14.5. The molecule has 1 aliphatic heterocycles. The smallest absolute Gasteiger partial charge is 0.312 e. The Morgan fingerprint density at radius 1 is 1.00 bits per heavy atom. The first-order valence-corrected chi connectivity index (χ1v) is 9.88. The van der Waals surface area contributed by atoms with Gasteiger partial charge in [0.05, 0.1) is 5.52 Å². The molecule has 0 aliphatic carbocycles. The van der Waals surface area contributed by atoms with E-state index in [1.807, 2.05) is 54.6 Å². The summed E-state index contributed by atoms with van der Waals surface area (Å²) in [6.07, 6.45) is 5.19. The predicted octanol–water partition coefficient (Wildman–Crippen LogP) is 2.75. The number of carbonyl (C=O) groups is 2. The van der Waals surface area contributed by atoms with Crippen molar-refractivity contribution < 1.29 is 9.59 Å². The quantitative estimate of drug-likeness (QED) is 0.639. The summed E-state index contributed by atoms with van der Waals surface area (Å²) in [6, 6.07) is 13.0. The number of nitrogens with zero attached hydrogens (tertiary/aromatic N) is 4. The van der Waals surface area contributed by atoms with Gasteiger partial charge in [-0.25, -0.2) is 9.97 Å². The Kier molecular flexibility index (Phi) is 5.63. The maximum Gasteiger partial charge on any atom is 0.312 e. The van der Waals surface area contributed by atoms with Gasteiger partial charge in [0.15, 0.2) is 0 Å². The summed E-state index contributed by atoms with van der Waals surface area (Å²) in [6.45, 7) is 1.69. The van der Waals surface area contributed by atoms with Crippen LogP contribution in [0.1, 0.15) is 11.1 Å². The third-order valence-corrected chi connectivity index (χ3v) is 5.26. The first kappa shape index (κ1) is 19.8. The third-order valence-electron chi connectivity index (χ3n) is 5.01. The van der Waals surface area contributed by atoms with E-state index in [4.69, 9.17) is 17.3 Å². The highest BCUT2D eigenvalue weighted by molar-refractivity contribution is 6.35. The van der Waals surface area contributed by atoms with Gasteiger partial charge in [-0.3, -0.25) is 9.59 Å². The molecule has 0 unspecified atom stereocenters. The van der Waals surface area contributed by atoms with Gasteiger partial charge < -0.3 is 15.5 Å². The molecule has 4 rings (SSSR count). The van der Waals surface area contributed by atoms with Gasteiger partial charge in [0, 0.05) is 36.6 Å². The SMILES string of the molecule is Nc1ncnc2cc(CN3CCN(CC=Cc4ccc(Cl)cc4)C(=O)C3=O)ccc12. The molecular formula is C22H20ClN5O2. The number of benzene rings is 2. The fourth-order valence-corrected chi connectivity index (χ4v) is 3.50. The van der Waals surface area contributed by atoms with Crippen molar-refractivity contribution in [3.05, 3.63) is 71.0 Å². The number of halogens is 1. The lowest BCUT2D eigenvalue weighted by Gasteiger charge is -2.33. The van der Waals surface area contributed by atoms with Crippen molar-refractivity contribution in [1.29, 1.82) is 0 Å². The molecule has 1 fully saturated rings. The summed E-state index contributed by atoms with van der Waals surface area (Å²) in [7, 11) is 0. The van der Waals surface area contributed by atoms with Crippen molar-refractivity contribution >= 4 is 46.2 Å². The monoisotopic (exact) mass is 421 g/mol. The summed E-state index contributed by atoms with van der Waals surface area (Å²) in [5.41, 5.74) is 8.44. The highest BCUT2D eigenvalue weighted by atomic mass is 35.5. The molecule has 7 nitrogen and oxygen atoms in total. The summed E-state index contributed by atoms with van der Waals surface area (Å²) in [5, 5.41) is 1.44.